The quantitative estimate of drug-likeness (QED) is 0.734. The molecular formula is C13H13N5. The highest BCUT2D eigenvalue weighted by atomic mass is 15.2. The van der Waals surface area contributed by atoms with Gasteiger partial charge in [0.1, 0.15) is 0 Å². The van der Waals surface area contributed by atoms with E-state index in [1.54, 1.807) is 23.3 Å². The Balaban J connectivity index is 2.14. The second kappa shape index (κ2) is 4.19. The van der Waals surface area contributed by atoms with Gasteiger partial charge in [-0.1, -0.05) is 12.1 Å². The Labute approximate surface area is 104 Å². The van der Waals surface area contributed by atoms with Crippen LogP contribution in [0.15, 0.2) is 43.0 Å². The fraction of sp³-hybridized carbons (Fsp3) is 0.154. The lowest BCUT2D eigenvalue weighted by Crippen LogP contribution is -2.12. The number of nitrogens with two attached hydrogens (primary N) is 1. The van der Waals surface area contributed by atoms with Crippen LogP contribution < -0.4 is 5.73 Å². The summed E-state index contributed by atoms with van der Waals surface area (Å²) in [4.78, 5) is 8.65. The Morgan fingerprint density at radius 3 is 2.83 bits per heavy atom. The average Bonchev–Trinajstić information content (AvgIpc) is 2.84. The number of benzene rings is 1. The van der Waals surface area contributed by atoms with Gasteiger partial charge in [-0.2, -0.15) is 5.10 Å². The molecule has 0 aliphatic carbocycles. The maximum Gasteiger partial charge on any atom is 0.0937 e. The van der Waals surface area contributed by atoms with Gasteiger partial charge < -0.3 is 5.73 Å². The van der Waals surface area contributed by atoms with Crippen molar-refractivity contribution in [1.82, 2.24) is 19.7 Å². The Morgan fingerprint density at radius 2 is 2.06 bits per heavy atom. The first-order chi connectivity index (χ1) is 8.75. The summed E-state index contributed by atoms with van der Waals surface area (Å²) >= 11 is 0. The zero-order valence-electron chi connectivity index (χ0n) is 9.99. The number of aryl methyl sites for hydroxylation is 1. The fourth-order valence-electron chi connectivity index (χ4n) is 2.05. The molecule has 0 radical (unpaired) electrons. The van der Waals surface area contributed by atoms with Crippen molar-refractivity contribution in [3.05, 3.63) is 54.1 Å². The molecule has 0 bridgehead atoms. The lowest BCUT2D eigenvalue weighted by atomic mass is 10.0. The summed E-state index contributed by atoms with van der Waals surface area (Å²) in [6.45, 7) is 0. The van der Waals surface area contributed by atoms with E-state index in [2.05, 4.69) is 15.1 Å². The summed E-state index contributed by atoms with van der Waals surface area (Å²) in [6, 6.07) is 5.62. The normalized spacial score (nSPS) is 12.8. The van der Waals surface area contributed by atoms with Crippen molar-refractivity contribution in [3.63, 3.8) is 0 Å². The van der Waals surface area contributed by atoms with E-state index < -0.39 is 0 Å². The van der Waals surface area contributed by atoms with Gasteiger partial charge in [0.25, 0.3) is 0 Å². The van der Waals surface area contributed by atoms with Crippen molar-refractivity contribution < 1.29 is 0 Å². The highest BCUT2D eigenvalue weighted by Gasteiger charge is 2.14. The highest BCUT2D eigenvalue weighted by molar-refractivity contribution is 5.78. The third-order valence-corrected chi connectivity index (χ3v) is 2.95. The van der Waals surface area contributed by atoms with E-state index in [0.29, 0.717) is 0 Å². The number of para-hydroxylation sites is 1. The monoisotopic (exact) mass is 239 g/mol. The van der Waals surface area contributed by atoms with E-state index in [-0.39, 0.29) is 6.04 Å². The van der Waals surface area contributed by atoms with Crippen molar-refractivity contribution in [2.45, 2.75) is 6.04 Å². The predicted molar refractivity (Wildman–Crippen MR) is 68.8 cm³/mol. The molecule has 0 saturated heterocycles. The van der Waals surface area contributed by atoms with E-state index in [1.807, 2.05) is 31.4 Å². The highest BCUT2D eigenvalue weighted by Crippen LogP contribution is 2.24. The topological polar surface area (TPSA) is 69.6 Å². The fourth-order valence-corrected chi connectivity index (χ4v) is 2.05. The Bertz CT molecular complexity index is 683. The molecule has 0 fully saturated rings. The van der Waals surface area contributed by atoms with Crippen LogP contribution in [-0.2, 0) is 7.05 Å². The molecule has 18 heavy (non-hydrogen) atoms. The number of rotatable bonds is 2. The molecule has 1 unspecified atom stereocenters. The van der Waals surface area contributed by atoms with Crippen LogP contribution in [0.3, 0.4) is 0 Å². The first-order valence-electron chi connectivity index (χ1n) is 5.69. The SMILES string of the molecule is Cn1cc(C(N)c2cccc3nccnc23)cn1. The molecule has 5 nitrogen and oxygen atoms in total. The standard InChI is InChI=1S/C13H13N5/c1-18-8-9(7-17-18)12(14)10-3-2-4-11-13(10)16-6-5-15-11/h2-8,12H,14H2,1H3. The number of nitrogens with zero attached hydrogens (tertiary/aromatic N) is 4. The minimum absolute atomic E-state index is 0.237. The summed E-state index contributed by atoms with van der Waals surface area (Å²) in [5, 5.41) is 4.14. The van der Waals surface area contributed by atoms with Crippen LogP contribution >= 0.6 is 0 Å². The zero-order chi connectivity index (χ0) is 12.5. The molecule has 0 aliphatic rings. The van der Waals surface area contributed by atoms with E-state index >= 15 is 0 Å². The minimum Gasteiger partial charge on any atom is -0.320 e. The molecular weight excluding hydrogens is 226 g/mol. The van der Waals surface area contributed by atoms with Gasteiger partial charge in [-0.05, 0) is 6.07 Å². The van der Waals surface area contributed by atoms with Crippen molar-refractivity contribution in [2.24, 2.45) is 12.8 Å². The first kappa shape index (κ1) is 10.9. The van der Waals surface area contributed by atoms with Gasteiger partial charge in [-0.25, -0.2) is 0 Å². The van der Waals surface area contributed by atoms with E-state index in [1.165, 1.54) is 0 Å². The van der Waals surface area contributed by atoms with Crippen LogP contribution in [0.5, 0.6) is 0 Å². The summed E-state index contributed by atoms with van der Waals surface area (Å²) in [7, 11) is 1.87. The molecule has 2 heterocycles. The summed E-state index contributed by atoms with van der Waals surface area (Å²) in [5.41, 5.74) is 9.91. The summed E-state index contributed by atoms with van der Waals surface area (Å²) in [5.74, 6) is 0. The first-order valence-corrected chi connectivity index (χ1v) is 5.69. The van der Waals surface area contributed by atoms with Gasteiger partial charge in [0, 0.05) is 36.8 Å². The van der Waals surface area contributed by atoms with Gasteiger partial charge in [0.15, 0.2) is 0 Å². The van der Waals surface area contributed by atoms with Gasteiger partial charge in [-0.15, -0.1) is 0 Å². The molecule has 0 amide bonds. The molecule has 3 aromatic rings. The van der Waals surface area contributed by atoms with Crippen molar-refractivity contribution in [2.75, 3.05) is 0 Å². The van der Waals surface area contributed by atoms with Crippen molar-refractivity contribution in [3.8, 4) is 0 Å². The maximum atomic E-state index is 6.27. The van der Waals surface area contributed by atoms with E-state index in [9.17, 15) is 0 Å². The second-order valence-corrected chi connectivity index (χ2v) is 4.20. The molecule has 1 atom stereocenters. The Kier molecular flexibility index (Phi) is 2.53. The van der Waals surface area contributed by atoms with Crippen LogP contribution in [0.4, 0.5) is 0 Å². The van der Waals surface area contributed by atoms with E-state index in [0.717, 1.165) is 22.2 Å². The molecule has 1 aromatic carbocycles. The van der Waals surface area contributed by atoms with Crippen LogP contribution in [-0.4, -0.2) is 19.7 Å². The smallest absolute Gasteiger partial charge is 0.0937 e. The number of hydrogen-bond donors (Lipinski definition) is 1. The predicted octanol–water partition coefficient (Wildman–Crippen LogP) is 1.41. The second-order valence-electron chi connectivity index (χ2n) is 4.20. The third kappa shape index (κ3) is 1.74. The lowest BCUT2D eigenvalue weighted by molar-refractivity contribution is 0.765. The number of hydrogen-bond acceptors (Lipinski definition) is 4. The average molecular weight is 239 g/mol. The van der Waals surface area contributed by atoms with Crippen LogP contribution in [0.25, 0.3) is 11.0 Å². The molecule has 3 rings (SSSR count). The molecule has 5 heteroatoms. The van der Waals surface area contributed by atoms with Crippen LogP contribution in [0, 0.1) is 0 Å². The Hall–Kier alpha value is -2.27. The lowest BCUT2D eigenvalue weighted by Gasteiger charge is -2.11. The number of fused-ring (bicyclic) bond motifs is 1. The van der Waals surface area contributed by atoms with Crippen LogP contribution in [0.1, 0.15) is 17.2 Å². The summed E-state index contributed by atoms with van der Waals surface area (Å²) in [6.07, 6.45) is 7.06. The van der Waals surface area contributed by atoms with Gasteiger partial charge >= 0.3 is 0 Å². The minimum atomic E-state index is -0.237. The van der Waals surface area contributed by atoms with Crippen LogP contribution in [0.2, 0.25) is 0 Å². The molecule has 2 N–H and O–H groups in total. The van der Waals surface area contributed by atoms with Crippen molar-refractivity contribution in [1.29, 1.82) is 0 Å². The maximum absolute atomic E-state index is 6.27. The number of aromatic nitrogens is 4. The largest absolute Gasteiger partial charge is 0.320 e. The molecule has 0 spiro atoms. The molecule has 2 aromatic heterocycles. The molecule has 0 saturated carbocycles. The summed E-state index contributed by atoms with van der Waals surface area (Å²) < 4.78 is 1.74. The Morgan fingerprint density at radius 1 is 1.22 bits per heavy atom. The third-order valence-electron chi connectivity index (χ3n) is 2.95. The van der Waals surface area contributed by atoms with Gasteiger partial charge in [0.2, 0.25) is 0 Å². The molecule has 90 valence electrons. The molecule has 0 aliphatic heterocycles. The van der Waals surface area contributed by atoms with E-state index in [4.69, 9.17) is 5.73 Å². The zero-order valence-corrected chi connectivity index (χ0v) is 9.99. The van der Waals surface area contributed by atoms with Gasteiger partial charge in [0.05, 0.1) is 23.3 Å². The van der Waals surface area contributed by atoms with Gasteiger partial charge in [-0.3, -0.25) is 14.6 Å². The van der Waals surface area contributed by atoms with Crippen molar-refractivity contribution >= 4 is 11.0 Å².